The summed E-state index contributed by atoms with van der Waals surface area (Å²) in [6, 6.07) is 4.60. The molecule has 0 amide bonds. The molecule has 1 fully saturated rings. The van der Waals surface area contributed by atoms with Crippen LogP contribution in [0.2, 0.25) is 0 Å². The van der Waals surface area contributed by atoms with Gasteiger partial charge in [0.25, 0.3) is 0 Å². The van der Waals surface area contributed by atoms with Crippen molar-refractivity contribution in [3.05, 3.63) is 18.2 Å². The monoisotopic (exact) mass is 270 g/mol. The molecule has 1 aromatic carbocycles. The summed E-state index contributed by atoms with van der Waals surface area (Å²) in [6.07, 6.45) is 1.90. The summed E-state index contributed by atoms with van der Waals surface area (Å²) in [5, 5.41) is 0. The molecule has 1 aromatic rings. The van der Waals surface area contributed by atoms with E-state index >= 15 is 0 Å². The molecule has 2 rings (SSSR count). The van der Waals surface area contributed by atoms with E-state index in [-0.39, 0.29) is 16.7 Å². The van der Waals surface area contributed by atoms with Gasteiger partial charge in [-0.05, 0) is 24.5 Å². The number of nitrogens with two attached hydrogens (primary N) is 1. The van der Waals surface area contributed by atoms with Gasteiger partial charge < -0.3 is 10.5 Å². The maximum absolute atomic E-state index is 12.2. The molecular weight excluding hydrogens is 252 g/mol. The quantitative estimate of drug-likeness (QED) is 0.791. The van der Waals surface area contributed by atoms with E-state index in [1.165, 1.54) is 19.2 Å². The molecule has 18 heavy (non-hydrogen) atoms. The second kappa shape index (κ2) is 4.78. The summed E-state index contributed by atoms with van der Waals surface area (Å²) in [5.74, 6) is 0.732. The molecule has 0 spiro atoms. The van der Waals surface area contributed by atoms with Gasteiger partial charge in [-0.1, -0.05) is 13.3 Å². The molecule has 3 N–H and O–H groups in total. The average Bonchev–Trinajstić information content (AvgIpc) is 3.06. The molecule has 1 aliphatic carbocycles. The number of ether oxygens (including phenoxy) is 1. The van der Waals surface area contributed by atoms with Crippen LogP contribution in [0.3, 0.4) is 0 Å². The number of hydrogen-bond acceptors (Lipinski definition) is 4. The Morgan fingerprint density at radius 2 is 2.22 bits per heavy atom. The molecule has 100 valence electrons. The maximum Gasteiger partial charge on any atom is 0.244 e. The Kier molecular flexibility index (Phi) is 3.49. The number of methoxy groups -OCH3 is 1. The fourth-order valence-corrected chi connectivity index (χ4v) is 3.48. The van der Waals surface area contributed by atoms with Crippen LogP contribution in [0.5, 0.6) is 5.75 Å². The lowest BCUT2D eigenvalue weighted by atomic mass is 10.3. The number of nitrogens with one attached hydrogen (secondary N) is 1. The summed E-state index contributed by atoms with van der Waals surface area (Å²) in [4.78, 5) is 0.140. The molecule has 0 saturated heterocycles. The Morgan fingerprint density at radius 3 is 2.78 bits per heavy atom. The minimum absolute atomic E-state index is 0.0576. The van der Waals surface area contributed by atoms with Crippen LogP contribution in [0.25, 0.3) is 0 Å². The van der Waals surface area contributed by atoms with Crippen molar-refractivity contribution in [1.82, 2.24) is 4.72 Å². The second-order valence-corrected chi connectivity index (χ2v) is 6.22. The molecule has 5 nitrogen and oxygen atoms in total. The first-order valence-electron chi connectivity index (χ1n) is 5.93. The molecule has 2 unspecified atom stereocenters. The first-order chi connectivity index (χ1) is 8.47. The largest absolute Gasteiger partial charge is 0.495 e. The van der Waals surface area contributed by atoms with Gasteiger partial charge in [-0.3, -0.25) is 0 Å². The molecule has 0 aliphatic heterocycles. The fourth-order valence-electron chi connectivity index (χ4n) is 2.01. The Labute approximate surface area is 107 Å². The SMILES string of the molecule is CCC1CC1NS(=O)(=O)c1ccc(N)cc1OC. The Balaban J connectivity index is 2.24. The van der Waals surface area contributed by atoms with Crippen molar-refractivity contribution in [2.24, 2.45) is 5.92 Å². The van der Waals surface area contributed by atoms with Gasteiger partial charge in [0.2, 0.25) is 10.0 Å². The molecule has 0 heterocycles. The molecule has 0 radical (unpaired) electrons. The Hall–Kier alpha value is -1.27. The highest BCUT2D eigenvalue weighted by molar-refractivity contribution is 7.89. The molecule has 1 aliphatic rings. The highest BCUT2D eigenvalue weighted by atomic mass is 32.2. The average molecular weight is 270 g/mol. The standard InChI is InChI=1S/C12H18N2O3S/c1-3-8-6-10(8)14-18(15,16)12-5-4-9(13)7-11(12)17-2/h4-5,7-8,10,14H,3,6,13H2,1-2H3. The third-order valence-electron chi connectivity index (χ3n) is 3.23. The lowest BCUT2D eigenvalue weighted by molar-refractivity contribution is 0.402. The van der Waals surface area contributed by atoms with Crippen LogP contribution in [-0.4, -0.2) is 21.6 Å². The predicted molar refractivity (Wildman–Crippen MR) is 69.9 cm³/mol. The van der Waals surface area contributed by atoms with Crippen molar-refractivity contribution >= 4 is 15.7 Å². The van der Waals surface area contributed by atoms with Gasteiger partial charge >= 0.3 is 0 Å². The molecule has 0 aromatic heterocycles. The van der Waals surface area contributed by atoms with E-state index in [1.807, 2.05) is 0 Å². The van der Waals surface area contributed by atoms with Crippen molar-refractivity contribution in [3.8, 4) is 5.75 Å². The van der Waals surface area contributed by atoms with Gasteiger partial charge in [0.1, 0.15) is 10.6 Å². The van der Waals surface area contributed by atoms with Crippen LogP contribution in [0.15, 0.2) is 23.1 Å². The third kappa shape index (κ3) is 2.59. The Morgan fingerprint density at radius 1 is 1.50 bits per heavy atom. The van der Waals surface area contributed by atoms with Gasteiger partial charge in [-0.25, -0.2) is 13.1 Å². The number of nitrogen functional groups attached to an aromatic ring is 1. The van der Waals surface area contributed by atoms with Gasteiger partial charge in [-0.2, -0.15) is 0 Å². The van der Waals surface area contributed by atoms with Crippen LogP contribution >= 0.6 is 0 Å². The summed E-state index contributed by atoms with van der Waals surface area (Å²) < 4.78 is 32.2. The third-order valence-corrected chi connectivity index (χ3v) is 4.76. The topological polar surface area (TPSA) is 81.4 Å². The van der Waals surface area contributed by atoms with E-state index < -0.39 is 10.0 Å². The molecular formula is C12H18N2O3S. The highest BCUT2D eigenvalue weighted by Crippen LogP contribution is 2.35. The lowest BCUT2D eigenvalue weighted by Crippen LogP contribution is -2.27. The summed E-state index contributed by atoms with van der Waals surface area (Å²) in [6.45, 7) is 2.06. The minimum Gasteiger partial charge on any atom is -0.495 e. The molecule has 2 atom stereocenters. The molecule has 6 heteroatoms. The van der Waals surface area contributed by atoms with Gasteiger partial charge in [-0.15, -0.1) is 0 Å². The predicted octanol–water partition coefficient (Wildman–Crippen LogP) is 1.35. The van der Waals surface area contributed by atoms with Crippen LogP contribution in [0, 0.1) is 5.92 Å². The van der Waals surface area contributed by atoms with Gasteiger partial charge in [0, 0.05) is 17.8 Å². The number of anilines is 1. The zero-order chi connectivity index (χ0) is 13.3. The summed E-state index contributed by atoms with van der Waals surface area (Å²) in [7, 11) is -2.10. The second-order valence-electron chi connectivity index (χ2n) is 4.54. The number of rotatable bonds is 5. The highest BCUT2D eigenvalue weighted by Gasteiger charge is 2.39. The van der Waals surface area contributed by atoms with Crippen LogP contribution in [0.1, 0.15) is 19.8 Å². The van der Waals surface area contributed by atoms with Crippen LogP contribution in [-0.2, 0) is 10.0 Å². The zero-order valence-electron chi connectivity index (χ0n) is 10.5. The van der Waals surface area contributed by atoms with Crippen LogP contribution in [0.4, 0.5) is 5.69 Å². The van der Waals surface area contributed by atoms with Crippen LogP contribution < -0.4 is 15.2 Å². The summed E-state index contributed by atoms with van der Waals surface area (Å²) >= 11 is 0. The van der Waals surface area contributed by atoms with Crippen molar-refractivity contribution < 1.29 is 13.2 Å². The first kappa shape index (κ1) is 13.2. The van der Waals surface area contributed by atoms with E-state index in [2.05, 4.69) is 11.6 Å². The lowest BCUT2D eigenvalue weighted by Gasteiger charge is -2.11. The van der Waals surface area contributed by atoms with Crippen molar-refractivity contribution in [1.29, 1.82) is 0 Å². The molecule has 0 bridgehead atoms. The summed E-state index contributed by atoms with van der Waals surface area (Å²) in [5.41, 5.74) is 6.08. The first-order valence-corrected chi connectivity index (χ1v) is 7.42. The van der Waals surface area contributed by atoms with Crippen molar-refractivity contribution in [3.63, 3.8) is 0 Å². The minimum atomic E-state index is -3.53. The van der Waals surface area contributed by atoms with E-state index in [4.69, 9.17) is 10.5 Å². The zero-order valence-corrected chi connectivity index (χ0v) is 11.3. The smallest absolute Gasteiger partial charge is 0.244 e. The number of benzene rings is 1. The van der Waals surface area contributed by atoms with Crippen molar-refractivity contribution in [2.75, 3.05) is 12.8 Å². The van der Waals surface area contributed by atoms with Gasteiger partial charge in [0.05, 0.1) is 7.11 Å². The number of hydrogen-bond donors (Lipinski definition) is 2. The molecule has 1 saturated carbocycles. The Bertz CT molecular complexity index is 542. The van der Waals surface area contributed by atoms with Gasteiger partial charge in [0.15, 0.2) is 0 Å². The fraction of sp³-hybridized carbons (Fsp3) is 0.500. The normalized spacial score (nSPS) is 22.8. The van der Waals surface area contributed by atoms with Crippen molar-refractivity contribution in [2.45, 2.75) is 30.7 Å². The number of sulfonamides is 1. The van der Waals surface area contributed by atoms with E-state index in [1.54, 1.807) is 6.07 Å². The van der Waals surface area contributed by atoms with E-state index in [9.17, 15) is 8.42 Å². The van der Waals surface area contributed by atoms with E-state index in [0.29, 0.717) is 11.6 Å². The van der Waals surface area contributed by atoms with E-state index in [0.717, 1.165) is 12.8 Å². The maximum atomic E-state index is 12.2.